The summed E-state index contributed by atoms with van der Waals surface area (Å²) in [5.41, 5.74) is 7.15. The van der Waals surface area contributed by atoms with E-state index in [1.807, 2.05) is 6.92 Å². The van der Waals surface area contributed by atoms with Crippen LogP contribution in [0.3, 0.4) is 0 Å². The van der Waals surface area contributed by atoms with Crippen LogP contribution < -0.4 is 20.5 Å². The Morgan fingerprint density at radius 2 is 1.93 bits per heavy atom. The average Bonchev–Trinajstić information content (AvgIpc) is 3.35. The van der Waals surface area contributed by atoms with Crippen LogP contribution in [-0.2, 0) is 11.2 Å². The molecule has 4 rings (SSSR count). The molecule has 2 aromatic carbocycles. The largest absolute Gasteiger partial charge is 0.462 e. The van der Waals surface area contributed by atoms with E-state index in [1.54, 1.807) is 24.3 Å². The molecular weight excluding hydrogens is 512 g/mol. The second-order valence-electron chi connectivity index (χ2n) is 8.88. The Morgan fingerprint density at radius 3 is 2.67 bits per heavy atom. The fourth-order valence-electron chi connectivity index (χ4n) is 3.72. The number of imidazole rings is 1. The normalized spacial score (nSPS) is 10.6. The quantitative estimate of drug-likeness (QED) is 0.0780. The van der Waals surface area contributed by atoms with Crippen molar-refractivity contribution in [1.29, 1.82) is 10.7 Å². The molecule has 0 radical (unpaired) electrons. The van der Waals surface area contributed by atoms with E-state index < -0.39 is 5.97 Å². The summed E-state index contributed by atoms with van der Waals surface area (Å²) >= 11 is 0. The maximum Gasteiger partial charge on any atom is 0.341 e. The van der Waals surface area contributed by atoms with Gasteiger partial charge in [0.25, 0.3) is 5.88 Å². The molecule has 0 aliphatic heterocycles. The summed E-state index contributed by atoms with van der Waals surface area (Å²) in [5.74, 6) is 0.452. The van der Waals surface area contributed by atoms with E-state index in [9.17, 15) is 10.1 Å². The molecule has 2 aromatic heterocycles. The number of nitrogens with zero attached hydrogens (tertiary/aromatic N) is 4. The molecule has 4 aromatic rings. The van der Waals surface area contributed by atoms with E-state index in [0.717, 1.165) is 25.7 Å². The SMILES string of the molecule is CCCCOC(=O)c1ccc(C#N)cc1Oc1nc(Oc2cccc(NC(=N)N)c2)nc2nc(CCCC)[nH]c12. The predicted molar refractivity (Wildman–Crippen MR) is 149 cm³/mol. The van der Waals surface area contributed by atoms with Gasteiger partial charge in [-0.3, -0.25) is 5.41 Å². The topological polar surface area (TPSA) is 185 Å². The second-order valence-corrected chi connectivity index (χ2v) is 8.88. The number of nitrogens with one attached hydrogen (secondary N) is 3. The molecule has 0 fully saturated rings. The Hall–Kier alpha value is -5.18. The number of unbranched alkanes of at least 4 members (excludes halogenated alkanes) is 2. The predicted octanol–water partition coefficient (Wildman–Crippen LogP) is 5.41. The third-order valence-electron chi connectivity index (χ3n) is 5.70. The first kappa shape index (κ1) is 27.8. The molecule has 0 atom stereocenters. The first-order valence-corrected chi connectivity index (χ1v) is 12.9. The van der Waals surface area contributed by atoms with Crippen molar-refractivity contribution >= 4 is 28.8 Å². The van der Waals surface area contributed by atoms with Crippen LogP contribution in [-0.4, -0.2) is 38.5 Å². The molecule has 12 heteroatoms. The van der Waals surface area contributed by atoms with Crippen molar-refractivity contribution in [1.82, 2.24) is 19.9 Å². The van der Waals surface area contributed by atoms with Gasteiger partial charge < -0.3 is 30.2 Å². The molecule has 0 saturated heterocycles. The number of benzene rings is 2. The fourth-order valence-corrected chi connectivity index (χ4v) is 3.72. The van der Waals surface area contributed by atoms with Crippen LogP contribution in [0.25, 0.3) is 11.2 Å². The maximum atomic E-state index is 12.8. The zero-order valence-electron chi connectivity index (χ0n) is 22.3. The van der Waals surface area contributed by atoms with E-state index in [1.165, 1.54) is 18.2 Å². The van der Waals surface area contributed by atoms with Gasteiger partial charge >= 0.3 is 12.0 Å². The Labute approximate surface area is 231 Å². The number of rotatable bonds is 12. The standard InChI is InChI=1S/C28H30N8O4/c1-3-5-10-22-33-23-24(34-22)35-28(39-19-9-7-8-18(15-19)32-27(30)31)36-25(23)40-21-14-17(16-29)11-12-20(21)26(37)38-13-6-4-2/h7-9,11-12,14-15H,3-6,10,13H2,1-2H3,(H4,30,31,32)(H,33,34,35,36). The van der Waals surface area contributed by atoms with Crippen molar-refractivity contribution in [2.45, 2.75) is 46.0 Å². The number of hydrogen-bond donors (Lipinski definition) is 4. The molecule has 0 spiro atoms. The molecule has 0 bridgehead atoms. The Morgan fingerprint density at radius 1 is 1.10 bits per heavy atom. The van der Waals surface area contributed by atoms with Crippen molar-refractivity contribution in [2.75, 3.05) is 11.9 Å². The number of H-pyrrole nitrogens is 1. The molecule has 206 valence electrons. The highest BCUT2D eigenvalue weighted by Crippen LogP contribution is 2.33. The summed E-state index contributed by atoms with van der Waals surface area (Å²) in [6.45, 7) is 4.35. The number of nitriles is 1. The van der Waals surface area contributed by atoms with Crippen molar-refractivity contribution in [3.63, 3.8) is 0 Å². The first-order chi connectivity index (χ1) is 19.4. The molecule has 5 N–H and O–H groups in total. The third kappa shape index (κ3) is 7.02. The number of hydrogen-bond acceptors (Lipinski definition) is 9. The van der Waals surface area contributed by atoms with E-state index >= 15 is 0 Å². The molecule has 0 amide bonds. The van der Waals surface area contributed by atoms with Gasteiger partial charge in [0.05, 0.1) is 18.2 Å². The van der Waals surface area contributed by atoms with Crippen LogP contribution in [0.5, 0.6) is 23.4 Å². The Kier molecular flexibility index (Phi) is 9.09. The summed E-state index contributed by atoms with van der Waals surface area (Å²) in [6, 6.07) is 13.2. The maximum absolute atomic E-state index is 12.8. The summed E-state index contributed by atoms with van der Waals surface area (Å²) < 4.78 is 17.5. The number of aromatic amines is 1. The molecule has 0 unspecified atom stereocenters. The van der Waals surface area contributed by atoms with E-state index in [2.05, 4.69) is 38.2 Å². The molecule has 2 heterocycles. The highest BCUT2D eigenvalue weighted by Gasteiger charge is 2.21. The Bertz CT molecular complexity index is 1560. The Balaban J connectivity index is 1.74. The van der Waals surface area contributed by atoms with Crippen LogP contribution in [0, 0.1) is 16.7 Å². The van der Waals surface area contributed by atoms with Gasteiger partial charge in [-0.1, -0.05) is 32.8 Å². The smallest absolute Gasteiger partial charge is 0.341 e. The van der Waals surface area contributed by atoms with Crippen molar-refractivity contribution in [3.8, 4) is 29.5 Å². The van der Waals surface area contributed by atoms with Gasteiger partial charge in [-0.2, -0.15) is 15.2 Å². The van der Waals surface area contributed by atoms with Crippen LogP contribution in [0.1, 0.15) is 61.3 Å². The van der Waals surface area contributed by atoms with Crippen molar-refractivity contribution in [3.05, 3.63) is 59.4 Å². The van der Waals surface area contributed by atoms with Gasteiger partial charge in [0, 0.05) is 18.2 Å². The average molecular weight is 543 g/mol. The minimum absolute atomic E-state index is 0.0560. The second kappa shape index (κ2) is 13.1. The number of esters is 1. The van der Waals surface area contributed by atoms with Crippen LogP contribution in [0.15, 0.2) is 42.5 Å². The number of anilines is 1. The number of nitrogens with two attached hydrogens (primary N) is 1. The van der Waals surface area contributed by atoms with Gasteiger partial charge in [-0.15, -0.1) is 0 Å². The monoisotopic (exact) mass is 542 g/mol. The summed E-state index contributed by atoms with van der Waals surface area (Å²) in [6.07, 6.45) is 4.19. The lowest BCUT2D eigenvalue weighted by atomic mass is 10.1. The molecule has 0 saturated carbocycles. The number of ether oxygens (including phenoxy) is 3. The van der Waals surface area contributed by atoms with Crippen molar-refractivity contribution < 1.29 is 19.0 Å². The van der Waals surface area contributed by atoms with Gasteiger partial charge in [0.1, 0.15) is 28.4 Å². The first-order valence-electron chi connectivity index (χ1n) is 12.9. The van der Waals surface area contributed by atoms with Gasteiger partial charge in [0.2, 0.25) is 0 Å². The van der Waals surface area contributed by atoms with Crippen LogP contribution >= 0.6 is 0 Å². The third-order valence-corrected chi connectivity index (χ3v) is 5.70. The molecule has 40 heavy (non-hydrogen) atoms. The zero-order valence-corrected chi connectivity index (χ0v) is 22.3. The lowest BCUT2D eigenvalue weighted by molar-refractivity contribution is 0.0497. The summed E-state index contributed by atoms with van der Waals surface area (Å²) in [4.78, 5) is 29.5. The minimum Gasteiger partial charge on any atom is -0.462 e. The van der Waals surface area contributed by atoms with E-state index in [0.29, 0.717) is 40.4 Å². The number of guanidine groups is 1. The van der Waals surface area contributed by atoms with Crippen molar-refractivity contribution in [2.24, 2.45) is 5.73 Å². The number of carbonyl (C=O) groups excluding carboxylic acids is 1. The van der Waals surface area contributed by atoms with E-state index in [-0.39, 0.29) is 35.8 Å². The minimum atomic E-state index is -0.572. The number of aryl methyl sites for hydroxylation is 1. The van der Waals surface area contributed by atoms with Crippen LogP contribution in [0.2, 0.25) is 0 Å². The lowest BCUT2D eigenvalue weighted by Gasteiger charge is -2.12. The number of fused-ring (bicyclic) bond motifs is 1. The van der Waals surface area contributed by atoms with Gasteiger partial charge in [-0.05, 0) is 43.2 Å². The van der Waals surface area contributed by atoms with E-state index in [4.69, 9.17) is 25.4 Å². The number of aromatic nitrogens is 4. The summed E-state index contributed by atoms with van der Waals surface area (Å²) in [7, 11) is 0. The zero-order chi connectivity index (χ0) is 28.5. The number of carbonyl (C=O) groups is 1. The summed E-state index contributed by atoms with van der Waals surface area (Å²) in [5, 5.41) is 19.6. The lowest BCUT2D eigenvalue weighted by Crippen LogP contribution is -2.20. The van der Waals surface area contributed by atoms with Crippen LogP contribution in [0.4, 0.5) is 5.69 Å². The fraction of sp³-hybridized carbons (Fsp3) is 0.286. The molecule has 0 aliphatic rings. The highest BCUT2D eigenvalue weighted by molar-refractivity contribution is 5.93. The highest BCUT2D eigenvalue weighted by atomic mass is 16.5. The molecular formula is C28H30N8O4. The van der Waals surface area contributed by atoms with Gasteiger partial charge in [-0.25, -0.2) is 9.78 Å². The molecule has 0 aliphatic carbocycles. The molecule has 12 nitrogen and oxygen atoms in total. The van der Waals surface area contributed by atoms with Gasteiger partial charge in [0.15, 0.2) is 11.6 Å².